The number of methoxy groups -OCH3 is 2. The highest BCUT2D eigenvalue weighted by Gasteiger charge is 2.39. The van der Waals surface area contributed by atoms with E-state index in [1.54, 1.807) is 14.2 Å². The Bertz CT molecular complexity index is 1060. The molecule has 1 aliphatic heterocycles. The number of carbonyl (C=O) groups excluding carboxylic acids is 2. The molecule has 2 aromatic rings. The summed E-state index contributed by atoms with van der Waals surface area (Å²) in [7, 11) is 3.18. The number of amides is 1. The van der Waals surface area contributed by atoms with Crippen LogP contribution >= 0.6 is 0 Å². The van der Waals surface area contributed by atoms with E-state index in [1.165, 1.54) is 0 Å². The quantitative estimate of drug-likeness (QED) is 0.659. The maximum Gasteiger partial charge on any atom is 0.227 e. The Kier molecular flexibility index (Phi) is 6.49. The molecule has 168 valence electrons. The number of allylic oxidation sites excluding steroid dienone is 1. The van der Waals surface area contributed by atoms with Gasteiger partial charge < -0.3 is 14.8 Å². The molecule has 0 radical (unpaired) electrons. The fourth-order valence-corrected chi connectivity index (χ4v) is 4.60. The van der Waals surface area contributed by atoms with E-state index in [0.717, 1.165) is 48.3 Å². The molecule has 1 aliphatic carbocycles. The van der Waals surface area contributed by atoms with Gasteiger partial charge in [0.05, 0.1) is 31.6 Å². The SMILES string of the molecule is CCCCC(=O)N1c2ccccc2NC2=C(C(=O)CCC2)[C@@H]1c1ccc(OC)c(OC)c1. The first-order chi connectivity index (χ1) is 15.6. The van der Waals surface area contributed by atoms with Crippen LogP contribution in [0.1, 0.15) is 57.1 Å². The molecule has 1 heterocycles. The summed E-state index contributed by atoms with van der Waals surface area (Å²) >= 11 is 0. The van der Waals surface area contributed by atoms with E-state index in [9.17, 15) is 9.59 Å². The Balaban J connectivity index is 1.96. The summed E-state index contributed by atoms with van der Waals surface area (Å²) < 4.78 is 11.0. The number of rotatable bonds is 6. The lowest BCUT2D eigenvalue weighted by Crippen LogP contribution is -2.38. The maximum atomic E-state index is 13.6. The summed E-state index contributed by atoms with van der Waals surface area (Å²) in [4.78, 5) is 28.7. The highest BCUT2D eigenvalue weighted by molar-refractivity contribution is 6.06. The second kappa shape index (κ2) is 9.47. The van der Waals surface area contributed by atoms with Gasteiger partial charge in [-0.15, -0.1) is 0 Å². The zero-order valence-corrected chi connectivity index (χ0v) is 18.9. The lowest BCUT2D eigenvalue weighted by Gasteiger charge is -2.34. The van der Waals surface area contributed by atoms with E-state index >= 15 is 0 Å². The summed E-state index contributed by atoms with van der Waals surface area (Å²) in [6, 6.07) is 12.9. The number of fused-ring (bicyclic) bond motifs is 1. The molecule has 0 spiro atoms. The van der Waals surface area contributed by atoms with Crippen LogP contribution in [0.2, 0.25) is 0 Å². The Morgan fingerprint density at radius 2 is 1.88 bits per heavy atom. The van der Waals surface area contributed by atoms with Gasteiger partial charge in [-0.3, -0.25) is 14.5 Å². The average molecular weight is 435 g/mol. The fraction of sp³-hybridized carbons (Fsp3) is 0.385. The molecular formula is C26H30N2O4. The van der Waals surface area contributed by atoms with Crippen molar-refractivity contribution < 1.29 is 19.1 Å². The molecule has 1 atom stereocenters. The first-order valence-electron chi connectivity index (χ1n) is 11.2. The predicted molar refractivity (Wildman–Crippen MR) is 125 cm³/mol. The van der Waals surface area contributed by atoms with E-state index < -0.39 is 6.04 Å². The van der Waals surface area contributed by atoms with Crippen molar-refractivity contribution in [3.8, 4) is 11.5 Å². The van der Waals surface area contributed by atoms with Gasteiger partial charge in [-0.05, 0) is 49.1 Å². The molecule has 0 fully saturated rings. The lowest BCUT2D eigenvalue weighted by molar-refractivity contribution is -0.119. The van der Waals surface area contributed by atoms with Crippen LogP contribution in [0, 0.1) is 0 Å². The van der Waals surface area contributed by atoms with Gasteiger partial charge in [-0.1, -0.05) is 31.5 Å². The van der Waals surface area contributed by atoms with E-state index in [2.05, 4.69) is 12.2 Å². The summed E-state index contributed by atoms with van der Waals surface area (Å²) in [5, 5.41) is 3.49. The standard InChI is InChI=1S/C26H30N2O4/c1-4-5-13-24(30)28-20-11-7-6-9-18(20)27-19-10-8-12-21(29)25(19)26(28)17-14-15-22(31-2)23(16-17)32-3/h6-7,9,11,14-16,26-27H,4-5,8,10,12-13H2,1-3H3/t26-/m0/s1. The topological polar surface area (TPSA) is 67.9 Å². The van der Waals surface area contributed by atoms with Gasteiger partial charge in [0.15, 0.2) is 17.3 Å². The molecule has 4 rings (SSSR count). The number of hydrogen-bond acceptors (Lipinski definition) is 5. The van der Waals surface area contributed by atoms with Crippen LogP contribution < -0.4 is 19.7 Å². The second-order valence-electron chi connectivity index (χ2n) is 8.20. The van der Waals surface area contributed by atoms with E-state index in [0.29, 0.717) is 29.9 Å². The largest absolute Gasteiger partial charge is 0.493 e. The van der Waals surface area contributed by atoms with Crippen molar-refractivity contribution >= 4 is 23.1 Å². The van der Waals surface area contributed by atoms with Crippen molar-refractivity contribution in [3.05, 3.63) is 59.3 Å². The fourth-order valence-electron chi connectivity index (χ4n) is 4.60. The molecule has 0 unspecified atom stereocenters. The molecule has 0 saturated heterocycles. The van der Waals surface area contributed by atoms with Crippen molar-refractivity contribution in [2.24, 2.45) is 0 Å². The van der Waals surface area contributed by atoms with Crippen molar-refractivity contribution in [2.75, 3.05) is 24.4 Å². The third kappa shape index (κ3) is 3.97. The molecule has 6 nitrogen and oxygen atoms in total. The van der Waals surface area contributed by atoms with E-state index in [1.807, 2.05) is 47.4 Å². The van der Waals surface area contributed by atoms with E-state index in [4.69, 9.17) is 9.47 Å². The maximum absolute atomic E-state index is 13.6. The number of ether oxygens (including phenoxy) is 2. The van der Waals surface area contributed by atoms with Gasteiger partial charge in [-0.25, -0.2) is 0 Å². The number of benzene rings is 2. The number of anilines is 2. The number of hydrogen-bond donors (Lipinski definition) is 1. The number of para-hydroxylation sites is 2. The Hall–Kier alpha value is -3.28. The third-order valence-electron chi connectivity index (χ3n) is 6.17. The van der Waals surface area contributed by atoms with Crippen LogP contribution in [0.5, 0.6) is 11.5 Å². The molecule has 6 heteroatoms. The van der Waals surface area contributed by atoms with Crippen molar-refractivity contribution in [2.45, 2.75) is 51.5 Å². The molecule has 0 bridgehead atoms. The normalized spacial score (nSPS) is 17.8. The third-order valence-corrected chi connectivity index (χ3v) is 6.17. The summed E-state index contributed by atoms with van der Waals surface area (Å²) in [5.74, 6) is 1.27. The van der Waals surface area contributed by atoms with E-state index in [-0.39, 0.29) is 11.7 Å². The molecule has 1 N–H and O–H groups in total. The first kappa shape index (κ1) is 21.9. The molecule has 32 heavy (non-hydrogen) atoms. The number of nitrogens with one attached hydrogen (secondary N) is 1. The van der Waals surface area contributed by atoms with Crippen LogP contribution in [0.3, 0.4) is 0 Å². The predicted octanol–water partition coefficient (Wildman–Crippen LogP) is 5.40. The van der Waals surface area contributed by atoms with Gasteiger partial charge >= 0.3 is 0 Å². The zero-order chi connectivity index (χ0) is 22.7. The Labute approximate surface area is 189 Å². The van der Waals surface area contributed by atoms with Gasteiger partial charge in [0, 0.05) is 24.1 Å². The molecule has 0 aromatic heterocycles. The van der Waals surface area contributed by atoms with Gasteiger partial charge in [0.1, 0.15) is 0 Å². The number of Topliss-reactive ketones (excluding diaryl/α,β-unsaturated/α-hetero) is 1. The zero-order valence-electron chi connectivity index (χ0n) is 18.9. The highest BCUT2D eigenvalue weighted by atomic mass is 16.5. The lowest BCUT2D eigenvalue weighted by atomic mass is 9.85. The van der Waals surface area contributed by atoms with Crippen LogP contribution in [-0.4, -0.2) is 25.9 Å². The van der Waals surface area contributed by atoms with Gasteiger partial charge in [-0.2, -0.15) is 0 Å². The monoisotopic (exact) mass is 434 g/mol. The van der Waals surface area contributed by atoms with Gasteiger partial charge in [0.25, 0.3) is 0 Å². The summed E-state index contributed by atoms with van der Waals surface area (Å²) in [6.45, 7) is 2.07. The average Bonchev–Trinajstić information content (AvgIpc) is 2.97. The minimum Gasteiger partial charge on any atom is -0.493 e. The minimum absolute atomic E-state index is 0.00742. The van der Waals surface area contributed by atoms with Crippen LogP contribution in [0.25, 0.3) is 0 Å². The Morgan fingerprint density at radius 1 is 1.09 bits per heavy atom. The molecule has 0 saturated carbocycles. The molecule has 2 aromatic carbocycles. The highest BCUT2D eigenvalue weighted by Crippen LogP contribution is 2.46. The van der Waals surface area contributed by atoms with Gasteiger partial charge in [0.2, 0.25) is 5.91 Å². The minimum atomic E-state index is -0.530. The second-order valence-corrected chi connectivity index (χ2v) is 8.20. The van der Waals surface area contributed by atoms with Crippen LogP contribution in [0.15, 0.2) is 53.7 Å². The summed E-state index contributed by atoms with van der Waals surface area (Å²) in [5.41, 5.74) is 4.04. The van der Waals surface area contributed by atoms with Crippen molar-refractivity contribution in [1.82, 2.24) is 0 Å². The smallest absolute Gasteiger partial charge is 0.227 e. The number of nitrogens with zero attached hydrogens (tertiary/aromatic N) is 1. The molecule has 2 aliphatic rings. The number of carbonyl (C=O) groups is 2. The van der Waals surface area contributed by atoms with Crippen LogP contribution in [-0.2, 0) is 9.59 Å². The number of ketones is 1. The summed E-state index contributed by atoms with van der Waals surface area (Å²) in [6.07, 6.45) is 4.20. The molecule has 1 amide bonds. The van der Waals surface area contributed by atoms with Crippen LogP contribution in [0.4, 0.5) is 11.4 Å². The Morgan fingerprint density at radius 3 is 2.62 bits per heavy atom. The molecular weight excluding hydrogens is 404 g/mol. The van der Waals surface area contributed by atoms with Crippen molar-refractivity contribution in [1.29, 1.82) is 0 Å². The first-order valence-corrected chi connectivity index (χ1v) is 11.2. The number of unbranched alkanes of at least 4 members (excludes halogenated alkanes) is 1. The van der Waals surface area contributed by atoms with Crippen molar-refractivity contribution in [3.63, 3.8) is 0 Å².